The van der Waals surface area contributed by atoms with Gasteiger partial charge in [0.15, 0.2) is 0 Å². The summed E-state index contributed by atoms with van der Waals surface area (Å²) in [4.78, 5) is 11.8. The molecule has 1 N–H and O–H groups in total. The Hall–Kier alpha value is -1.69. The molecule has 2 aromatic rings. The summed E-state index contributed by atoms with van der Waals surface area (Å²) in [5.74, 6) is 1.76. The van der Waals surface area contributed by atoms with Crippen LogP contribution in [0, 0.1) is 5.92 Å². The summed E-state index contributed by atoms with van der Waals surface area (Å²) in [6.07, 6.45) is 3.34. The highest BCUT2D eigenvalue weighted by atomic mass is 32.1. The molecule has 3 rings (SSSR count). The molecule has 1 fully saturated rings. The Bertz CT molecular complexity index is 575. The zero-order valence-corrected chi connectivity index (χ0v) is 12.2. The third kappa shape index (κ3) is 3.25. The molecule has 1 unspecified atom stereocenters. The zero-order valence-electron chi connectivity index (χ0n) is 11.3. The quantitative estimate of drug-likeness (QED) is 0.888. The molecule has 0 aliphatic heterocycles. The lowest BCUT2D eigenvalue weighted by Crippen LogP contribution is -2.34. The molecule has 106 valence electrons. The summed E-state index contributed by atoms with van der Waals surface area (Å²) in [5, 5.41) is 14.9. The lowest BCUT2D eigenvalue weighted by molar-refractivity contribution is -0.121. The third-order valence-electron chi connectivity index (χ3n) is 3.52. The minimum absolute atomic E-state index is 0.0553. The first-order valence-electron chi connectivity index (χ1n) is 6.86. The SMILES string of the molecule is CC(NC(=O)CCc1nnc(-c2ccsc2)o1)C1CC1. The highest BCUT2D eigenvalue weighted by Gasteiger charge is 2.28. The highest BCUT2D eigenvalue weighted by molar-refractivity contribution is 7.08. The summed E-state index contributed by atoms with van der Waals surface area (Å²) in [6.45, 7) is 2.07. The van der Waals surface area contributed by atoms with Gasteiger partial charge in [-0.3, -0.25) is 4.79 Å². The van der Waals surface area contributed by atoms with Crippen LogP contribution in [0.3, 0.4) is 0 Å². The van der Waals surface area contributed by atoms with Crippen molar-refractivity contribution in [3.63, 3.8) is 0 Å². The van der Waals surface area contributed by atoms with E-state index in [-0.39, 0.29) is 11.9 Å². The standard InChI is InChI=1S/C14H17N3O2S/c1-9(10-2-3-10)15-12(18)4-5-13-16-17-14(19-13)11-6-7-20-8-11/h6-10H,2-5H2,1H3,(H,15,18). The molecule has 5 nitrogen and oxygen atoms in total. The number of hydrogen-bond acceptors (Lipinski definition) is 5. The van der Waals surface area contributed by atoms with E-state index in [4.69, 9.17) is 4.42 Å². The van der Waals surface area contributed by atoms with Gasteiger partial charge in [-0.2, -0.15) is 11.3 Å². The molecule has 1 aliphatic rings. The van der Waals surface area contributed by atoms with Crippen LogP contribution in [0.2, 0.25) is 0 Å². The predicted molar refractivity (Wildman–Crippen MR) is 76.3 cm³/mol. The first-order chi connectivity index (χ1) is 9.72. The zero-order chi connectivity index (χ0) is 13.9. The second-order valence-electron chi connectivity index (χ2n) is 5.21. The topological polar surface area (TPSA) is 68.0 Å². The second-order valence-corrected chi connectivity index (χ2v) is 5.99. The number of amides is 1. The number of thiophene rings is 1. The Morgan fingerprint density at radius 2 is 2.40 bits per heavy atom. The maximum atomic E-state index is 11.8. The molecule has 2 heterocycles. The molecule has 0 bridgehead atoms. The fourth-order valence-corrected chi connectivity index (χ4v) is 2.75. The number of aromatic nitrogens is 2. The van der Waals surface area contributed by atoms with Gasteiger partial charge in [0.05, 0.1) is 0 Å². The minimum atomic E-state index is 0.0553. The van der Waals surface area contributed by atoms with E-state index >= 15 is 0 Å². The molecule has 1 saturated carbocycles. The van der Waals surface area contributed by atoms with E-state index in [0.29, 0.717) is 30.5 Å². The van der Waals surface area contributed by atoms with Gasteiger partial charge in [0.2, 0.25) is 17.7 Å². The molecule has 0 saturated heterocycles. The van der Waals surface area contributed by atoms with Crippen molar-refractivity contribution in [3.8, 4) is 11.5 Å². The third-order valence-corrected chi connectivity index (χ3v) is 4.20. The van der Waals surface area contributed by atoms with Gasteiger partial charge >= 0.3 is 0 Å². The molecule has 0 aromatic carbocycles. The number of carbonyl (C=O) groups is 1. The van der Waals surface area contributed by atoms with Crippen molar-refractivity contribution in [1.82, 2.24) is 15.5 Å². The van der Waals surface area contributed by atoms with Crippen molar-refractivity contribution in [2.24, 2.45) is 5.92 Å². The number of nitrogens with one attached hydrogen (secondary N) is 1. The number of nitrogens with zero attached hydrogens (tertiary/aromatic N) is 2. The summed E-state index contributed by atoms with van der Waals surface area (Å²) in [7, 11) is 0. The average molecular weight is 291 g/mol. The van der Waals surface area contributed by atoms with Crippen LogP contribution in [0.4, 0.5) is 0 Å². The molecular formula is C14H17N3O2S. The summed E-state index contributed by atoms with van der Waals surface area (Å²) in [6, 6.07) is 2.22. The van der Waals surface area contributed by atoms with Crippen molar-refractivity contribution in [2.45, 2.75) is 38.6 Å². The van der Waals surface area contributed by atoms with E-state index in [1.54, 1.807) is 11.3 Å². The average Bonchev–Trinajstić information content (AvgIpc) is 2.96. The van der Waals surface area contributed by atoms with Crippen LogP contribution in [-0.2, 0) is 11.2 Å². The van der Waals surface area contributed by atoms with Crippen LogP contribution in [0.5, 0.6) is 0 Å². The van der Waals surface area contributed by atoms with Gasteiger partial charge in [0.25, 0.3) is 0 Å². The highest BCUT2D eigenvalue weighted by Crippen LogP contribution is 2.32. The van der Waals surface area contributed by atoms with E-state index in [1.165, 1.54) is 12.8 Å². The van der Waals surface area contributed by atoms with Gasteiger partial charge in [-0.15, -0.1) is 10.2 Å². The maximum absolute atomic E-state index is 11.8. The van der Waals surface area contributed by atoms with Crippen molar-refractivity contribution in [1.29, 1.82) is 0 Å². The Morgan fingerprint density at radius 3 is 3.10 bits per heavy atom. The van der Waals surface area contributed by atoms with Gasteiger partial charge in [-0.05, 0) is 37.1 Å². The van der Waals surface area contributed by atoms with E-state index in [9.17, 15) is 4.79 Å². The molecule has 1 aliphatic carbocycles. The molecule has 2 aromatic heterocycles. The van der Waals surface area contributed by atoms with Crippen LogP contribution < -0.4 is 5.32 Å². The normalized spacial score (nSPS) is 16.1. The Kier molecular flexibility index (Phi) is 3.82. The molecule has 1 amide bonds. The lowest BCUT2D eigenvalue weighted by atomic mass is 10.2. The van der Waals surface area contributed by atoms with Crippen molar-refractivity contribution < 1.29 is 9.21 Å². The smallest absolute Gasteiger partial charge is 0.248 e. The molecule has 6 heteroatoms. The van der Waals surface area contributed by atoms with E-state index < -0.39 is 0 Å². The number of aryl methyl sites for hydroxylation is 1. The fourth-order valence-electron chi connectivity index (χ4n) is 2.12. The van der Waals surface area contributed by atoms with Crippen LogP contribution in [0.1, 0.15) is 32.1 Å². The summed E-state index contributed by atoms with van der Waals surface area (Å²) >= 11 is 1.59. The van der Waals surface area contributed by atoms with E-state index in [2.05, 4.69) is 22.4 Å². The Labute approximate surface area is 121 Å². The van der Waals surface area contributed by atoms with Gasteiger partial charge in [-0.1, -0.05) is 0 Å². The second kappa shape index (κ2) is 5.75. The van der Waals surface area contributed by atoms with Crippen LogP contribution in [0.15, 0.2) is 21.2 Å². The van der Waals surface area contributed by atoms with Crippen molar-refractivity contribution >= 4 is 17.2 Å². The number of rotatable bonds is 6. The van der Waals surface area contributed by atoms with Gasteiger partial charge in [-0.25, -0.2) is 0 Å². The molecule has 20 heavy (non-hydrogen) atoms. The Balaban J connectivity index is 1.49. The summed E-state index contributed by atoms with van der Waals surface area (Å²) < 4.78 is 5.55. The molecular weight excluding hydrogens is 274 g/mol. The van der Waals surface area contributed by atoms with E-state index in [0.717, 1.165) is 5.56 Å². The Morgan fingerprint density at radius 1 is 1.55 bits per heavy atom. The van der Waals surface area contributed by atoms with E-state index in [1.807, 2.05) is 16.8 Å². The first kappa shape index (κ1) is 13.3. The van der Waals surface area contributed by atoms with Crippen LogP contribution in [0.25, 0.3) is 11.5 Å². The number of hydrogen-bond donors (Lipinski definition) is 1. The first-order valence-corrected chi connectivity index (χ1v) is 7.81. The van der Waals surface area contributed by atoms with Gasteiger partial charge in [0.1, 0.15) is 0 Å². The van der Waals surface area contributed by atoms with Crippen molar-refractivity contribution in [3.05, 3.63) is 22.7 Å². The number of carbonyl (C=O) groups excluding carboxylic acids is 1. The largest absolute Gasteiger partial charge is 0.421 e. The minimum Gasteiger partial charge on any atom is -0.421 e. The lowest BCUT2D eigenvalue weighted by Gasteiger charge is -2.11. The molecule has 1 atom stereocenters. The fraction of sp³-hybridized carbons (Fsp3) is 0.500. The van der Waals surface area contributed by atoms with Gasteiger partial charge in [0, 0.05) is 29.8 Å². The predicted octanol–water partition coefficient (Wildman–Crippen LogP) is 2.65. The van der Waals surface area contributed by atoms with Crippen LogP contribution in [-0.4, -0.2) is 22.1 Å². The molecule has 0 radical (unpaired) electrons. The summed E-state index contributed by atoms with van der Waals surface area (Å²) in [5.41, 5.74) is 0.931. The van der Waals surface area contributed by atoms with Crippen LogP contribution >= 0.6 is 11.3 Å². The maximum Gasteiger partial charge on any atom is 0.248 e. The van der Waals surface area contributed by atoms with Crippen molar-refractivity contribution in [2.75, 3.05) is 0 Å². The monoisotopic (exact) mass is 291 g/mol. The van der Waals surface area contributed by atoms with Gasteiger partial charge < -0.3 is 9.73 Å². The molecule has 0 spiro atoms.